The number of urea groups is 1. The SMILES string of the molecule is CC(C)(C)OC(=O)NCCNC(=O)NNC(=O)O. The molecule has 0 saturated heterocycles. The lowest BCUT2D eigenvalue weighted by Gasteiger charge is -2.19. The van der Waals surface area contributed by atoms with Gasteiger partial charge in [-0.3, -0.25) is 0 Å². The Morgan fingerprint density at radius 1 is 1.06 bits per heavy atom. The van der Waals surface area contributed by atoms with Crippen LogP contribution in [0.3, 0.4) is 0 Å². The van der Waals surface area contributed by atoms with Crippen molar-refractivity contribution in [1.82, 2.24) is 21.5 Å². The van der Waals surface area contributed by atoms with Crippen molar-refractivity contribution in [2.24, 2.45) is 0 Å². The van der Waals surface area contributed by atoms with Crippen LogP contribution in [0.15, 0.2) is 0 Å². The number of amides is 4. The lowest BCUT2D eigenvalue weighted by molar-refractivity contribution is 0.0528. The van der Waals surface area contributed by atoms with E-state index in [1.807, 2.05) is 5.43 Å². The number of rotatable bonds is 3. The lowest BCUT2D eigenvalue weighted by atomic mass is 10.2. The normalized spacial score (nSPS) is 10.2. The van der Waals surface area contributed by atoms with E-state index in [0.717, 1.165) is 0 Å². The van der Waals surface area contributed by atoms with Gasteiger partial charge >= 0.3 is 18.2 Å². The molecule has 0 aliphatic rings. The fourth-order valence-electron chi connectivity index (χ4n) is 0.809. The van der Waals surface area contributed by atoms with Crippen LogP contribution in [0.4, 0.5) is 14.4 Å². The molecule has 0 radical (unpaired) electrons. The van der Waals surface area contributed by atoms with E-state index in [4.69, 9.17) is 9.84 Å². The molecule has 0 aliphatic heterocycles. The van der Waals surface area contributed by atoms with Crippen LogP contribution in [0.2, 0.25) is 0 Å². The fraction of sp³-hybridized carbons (Fsp3) is 0.667. The van der Waals surface area contributed by atoms with Crippen molar-refractivity contribution in [3.63, 3.8) is 0 Å². The van der Waals surface area contributed by atoms with Gasteiger partial charge in [0.2, 0.25) is 0 Å². The second-order valence-electron chi connectivity index (χ2n) is 4.24. The van der Waals surface area contributed by atoms with E-state index in [2.05, 4.69) is 10.6 Å². The van der Waals surface area contributed by atoms with Crippen LogP contribution >= 0.6 is 0 Å². The minimum absolute atomic E-state index is 0.131. The van der Waals surface area contributed by atoms with Gasteiger partial charge in [0, 0.05) is 13.1 Å². The van der Waals surface area contributed by atoms with Crippen molar-refractivity contribution in [3.8, 4) is 0 Å². The second kappa shape index (κ2) is 7.20. The van der Waals surface area contributed by atoms with Crippen molar-refractivity contribution >= 4 is 18.2 Å². The first-order chi connectivity index (χ1) is 8.20. The number of ether oxygens (including phenoxy) is 1. The zero-order valence-electron chi connectivity index (χ0n) is 10.5. The average Bonchev–Trinajstić information content (AvgIpc) is 2.19. The number of nitrogens with one attached hydrogen (secondary N) is 4. The first-order valence-corrected chi connectivity index (χ1v) is 5.20. The summed E-state index contributed by atoms with van der Waals surface area (Å²) in [6.07, 6.45) is -1.97. The van der Waals surface area contributed by atoms with Gasteiger partial charge < -0.3 is 20.5 Å². The maximum atomic E-state index is 11.2. The van der Waals surface area contributed by atoms with Crippen LogP contribution in [0.5, 0.6) is 0 Å². The standard InChI is InChI=1S/C9H18N4O5/c1-9(2,3)18-8(17)11-5-4-10-6(14)12-13-7(15)16/h13H,4-5H2,1-3H3,(H,11,17)(H,15,16)(H2,10,12,14). The summed E-state index contributed by atoms with van der Waals surface area (Å²) < 4.78 is 4.96. The molecule has 0 rings (SSSR count). The molecule has 4 amide bonds. The van der Waals surface area contributed by atoms with Crippen molar-refractivity contribution < 1.29 is 24.2 Å². The van der Waals surface area contributed by atoms with Crippen LogP contribution in [0.1, 0.15) is 20.8 Å². The predicted octanol–water partition coefficient (Wildman–Crippen LogP) is -0.00710. The van der Waals surface area contributed by atoms with Crippen molar-refractivity contribution in [3.05, 3.63) is 0 Å². The van der Waals surface area contributed by atoms with Gasteiger partial charge in [-0.05, 0) is 20.8 Å². The number of hydrogen-bond acceptors (Lipinski definition) is 4. The Labute approximate surface area is 104 Å². The molecule has 0 heterocycles. The smallest absolute Gasteiger partial charge is 0.423 e. The van der Waals surface area contributed by atoms with Crippen molar-refractivity contribution in [2.45, 2.75) is 26.4 Å². The minimum atomic E-state index is -1.38. The largest absolute Gasteiger partial charge is 0.464 e. The molecule has 0 aromatic rings. The third-order valence-electron chi connectivity index (χ3n) is 1.36. The quantitative estimate of drug-likeness (QED) is 0.361. The maximum Gasteiger partial charge on any atom is 0.423 e. The van der Waals surface area contributed by atoms with E-state index in [-0.39, 0.29) is 13.1 Å². The Morgan fingerprint density at radius 2 is 1.61 bits per heavy atom. The highest BCUT2D eigenvalue weighted by Gasteiger charge is 2.15. The Kier molecular flexibility index (Phi) is 6.32. The van der Waals surface area contributed by atoms with Gasteiger partial charge in [-0.25, -0.2) is 25.2 Å². The van der Waals surface area contributed by atoms with Crippen LogP contribution in [0.25, 0.3) is 0 Å². The topological polar surface area (TPSA) is 129 Å². The van der Waals surface area contributed by atoms with E-state index in [9.17, 15) is 14.4 Å². The molecule has 0 aromatic carbocycles. The van der Waals surface area contributed by atoms with Crippen molar-refractivity contribution in [2.75, 3.05) is 13.1 Å². The van der Waals surface area contributed by atoms with Gasteiger partial charge in [0.05, 0.1) is 0 Å². The third-order valence-corrected chi connectivity index (χ3v) is 1.36. The van der Waals surface area contributed by atoms with E-state index in [1.165, 1.54) is 0 Å². The molecule has 0 aliphatic carbocycles. The highest BCUT2D eigenvalue weighted by atomic mass is 16.6. The summed E-state index contributed by atoms with van der Waals surface area (Å²) in [4.78, 5) is 32.1. The van der Waals surface area contributed by atoms with E-state index in [1.54, 1.807) is 26.2 Å². The average molecular weight is 262 g/mol. The Hall–Kier alpha value is -2.19. The molecule has 0 saturated carbocycles. The number of carbonyl (C=O) groups is 3. The molecule has 0 fully saturated rings. The molecule has 0 spiro atoms. The van der Waals surface area contributed by atoms with E-state index < -0.39 is 23.8 Å². The Bertz CT molecular complexity index is 313. The number of alkyl carbamates (subject to hydrolysis) is 1. The zero-order chi connectivity index (χ0) is 14.2. The molecular formula is C9H18N4O5. The molecular weight excluding hydrogens is 244 g/mol. The van der Waals surface area contributed by atoms with Crippen LogP contribution in [-0.2, 0) is 4.74 Å². The summed E-state index contributed by atoms with van der Waals surface area (Å²) in [5, 5.41) is 12.9. The van der Waals surface area contributed by atoms with Crippen LogP contribution in [0, 0.1) is 0 Å². The summed E-state index contributed by atoms with van der Waals surface area (Å²) in [5.74, 6) is 0. The number of hydrazine groups is 1. The van der Waals surface area contributed by atoms with E-state index in [0.29, 0.717) is 0 Å². The highest BCUT2D eigenvalue weighted by Crippen LogP contribution is 2.05. The molecule has 9 nitrogen and oxygen atoms in total. The van der Waals surface area contributed by atoms with Crippen molar-refractivity contribution in [1.29, 1.82) is 0 Å². The van der Waals surface area contributed by atoms with E-state index >= 15 is 0 Å². The van der Waals surface area contributed by atoms with Gasteiger partial charge in [0.15, 0.2) is 0 Å². The molecule has 18 heavy (non-hydrogen) atoms. The van der Waals surface area contributed by atoms with Gasteiger partial charge in [-0.2, -0.15) is 0 Å². The molecule has 5 N–H and O–H groups in total. The van der Waals surface area contributed by atoms with Gasteiger partial charge in [0.1, 0.15) is 5.60 Å². The molecule has 0 aromatic heterocycles. The predicted molar refractivity (Wildman–Crippen MR) is 61.9 cm³/mol. The number of hydrogen-bond donors (Lipinski definition) is 5. The number of carboxylic acid groups (broad SMARTS) is 1. The van der Waals surface area contributed by atoms with Crippen LogP contribution in [-0.4, -0.2) is 42.0 Å². The van der Waals surface area contributed by atoms with Gasteiger partial charge in [0.25, 0.3) is 0 Å². The summed E-state index contributed by atoms with van der Waals surface area (Å²) in [5.41, 5.74) is 2.95. The van der Waals surface area contributed by atoms with Gasteiger partial charge in [-0.15, -0.1) is 0 Å². The zero-order valence-corrected chi connectivity index (χ0v) is 10.5. The lowest BCUT2D eigenvalue weighted by Crippen LogP contribution is -2.48. The summed E-state index contributed by atoms with van der Waals surface area (Å²) in [6, 6.07) is -0.719. The number of carbonyl (C=O) groups excluding carboxylic acids is 2. The Balaban J connectivity index is 3.59. The molecule has 0 atom stereocenters. The maximum absolute atomic E-state index is 11.2. The third kappa shape index (κ3) is 10.3. The summed E-state index contributed by atoms with van der Waals surface area (Å²) in [6.45, 7) is 5.49. The first kappa shape index (κ1) is 15.8. The van der Waals surface area contributed by atoms with Gasteiger partial charge in [-0.1, -0.05) is 0 Å². The summed E-state index contributed by atoms with van der Waals surface area (Å²) in [7, 11) is 0. The molecule has 0 bridgehead atoms. The monoisotopic (exact) mass is 262 g/mol. The summed E-state index contributed by atoms with van der Waals surface area (Å²) >= 11 is 0. The highest BCUT2D eigenvalue weighted by molar-refractivity contribution is 5.76. The first-order valence-electron chi connectivity index (χ1n) is 5.20. The molecule has 104 valence electrons. The Morgan fingerprint density at radius 3 is 2.11 bits per heavy atom. The van der Waals surface area contributed by atoms with Crippen LogP contribution < -0.4 is 21.5 Å². The molecule has 9 heteroatoms. The second-order valence-corrected chi connectivity index (χ2v) is 4.24. The fourth-order valence-corrected chi connectivity index (χ4v) is 0.809. The molecule has 0 unspecified atom stereocenters. The minimum Gasteiger partial charge on any atom is -0.464 e.